The number of hydrogen-bond donors (Lipinski definition) is 1. The van der Waals surface area contributed by atoms with Crippen molar-refractivity contribution in [1.82, 2.24) is 9.80 Å². The molecule has 0 spiro atoms. The predicted octanol–water partition coefficient (Wildman–Crippen LogP) is 1.62. The minimum absolute atomic E-state index is 0.133. The Kier molecular flexibility index (Phi) is 6.07. The summed E-state index contributed by atoms with van der Waals surface area (Å²) in [6, 6.07) is 4.90. The molecule has 1 aromatic carbocycles. The van der Waals surface area contributed by atoms with Gasteiger partial charge >= 0.3 is 0 Å². The molecule has 0 bridgehead atoms. The first-order valence-corrected chi connectivity index (χ1v) is 10.4. The molecule has 1 aliphatic rings. The Balaban J connectivity index is 2.32. The molecule has 1 aliphatic heterocycles. The molecule has 2 amide bonds. The van der Waals surface area contributed by atoms with Crippen molar-refractivity contribution >= 4 is 27.5 Å². The van der Waals surface area contributed by atoms with Crippen molar-refractivity contribution in [1.29, 1.82) is 0 Å². The van der Waals surface area contributed by atoms with Gasteiger partial charge in [0.15, 0.2) is 0 Å². The third kappa shape index (κ3) is 4.63. The van der Waals surface area contributed by atoms with E-state index in [0.29, 0.717) is 31.6 Å². The molecule has 0 aromatic heterocycles. The predicted molar refractivity (Wildman–Crippen MR) is 102 cm³/mol. The van der Waals surface area contributed by atoms with Crippen LogP contribution in [-0.4, -0.2) is 62.0 Å². The molecule has 1 heterocycles. The molecule has 7 nitrogen and oxygen atoms in total. The van der Waals surface area contributed by atoms with Gasteiger partial charge in [0, 0.05) is 25.7 Å². The highest BCUT2D eigenvalue weighted by atomic mass is 32.2. The van der Waals surface area contributed by atoms with Gasteiger partial charge in [0.2, 0.25) is 15.9 Å². The van der Waals surface area contributed by atoms with Crippen LogP contribution in [-0.2, 0) is 14.8 Å². The Labute approximate surface area is 154 Å². The van der Waals surface area contributed by atoms with Crippen LogP contribution in [0.15, 0.2) is 30.9 Å². The van der Waals surface area contributed by atoms with Crippen molar-refractivity contribution in [3.8, 4) is 0 Å². The molecule has 26 heavy (non-hydrogen) atoms. The van der Waals surface area contributed by atoms with Gasteiger partial charge in [0.05, 0.1) is 17.5 Å². The van der Waals surface area contributed by atoms with Crippen LogP contribution in [0.3, 0.4) is 0 Å². The number of nitrogens with zero attached hydrogens (tertiary/aromatic N) is 2. The average molecular weight is 379 g/mol. The van der Waals surface area contributed by atoms with Gasteiger partial charge in [0.1, 0.15) is 0 Å². The van der Waals surface area contributed by atoms with Gasteiger partial charge in [-0.1, -0.05) is 25.1 Å². The molecule has 0 radical (unpaired) electrons. The van der Waals surface area contributed by atoms with Gasteiger partial charge in [0.25, 0.3) is 5.91 Å². The number of anilines is 1. The molecular weight excluding hydrogens is 354 g/mol. The van der Waals surface area contributed by atoms with Crippen LogP contribution in [0.2, 0.25) is 0 Å². The number of carbonyl (C=O) groups excluding carboxylic acids is 2. The van der Waals surface area contributed by atoms with E-state index in [1.807, 2.05) is 13.8 Å². The van der Waals surface area contributed by atoms with Crippen molar-refractivity contribution in [2.24, 2.45) is 0 Å². The van der Waals surface area contributed by atoms with Crippen LogP contribution in [0.25, 0.3) is 0 Å². The summed E-state index contributed by atoms with van der Waals surface area (Å²) in [5, 5.41) is 0. The highest BCUT2D eigenvalue weighted by molar-refractivity contribution is 7.92. The maximum atomic E-state index is 13.1. The first-order valence-electron chi connectivity index (χ1n) is 8.47. The number of amides is 2. The number of nitrogens with one attached hydrogen (secondary N) is 1. The van der Waals surface area contributed by atoms with E-state index in [0.717, 1.165) is 11.8 Å². The molecule has 1 unspecified atom stereocenters. The standard InChI is InChI=1S/C18H25N3O4S/c1-5-14-12-20(17(22)6-2)9-10-21(14)18(23)15-11-13(3)7-8-16(15)19-26(4,24)25/h6-8,11,14,19H,2,5,9-10,12H2,1,3-4H3. The molecule has 1 fully saturated rings. The Morgan fingerprint density at radius 2 is 2.04 bits per heavy atom. The SMILES string of the molecule is C=CC(=O)N1CCN(C(=O)c2cc(C)ccc2NS(C)(=O)=O)C(CC)C1. The lowest BCUT2D eigenvalue weighted by atomic mass is 10.0. The normalized spacial score (nSPS) is 17.7. The fourth-order valence-electron chi connectivity index (χ4n) is 3.08. The fourth-order valence-corrected chi connectivity index (χ4v) is 3.66. The summed E-state index contributed by atoms with van der Waals surface area (Å²) in [5.41, 5.74) is 1.45. The second-order valence-corrected chi connectivity index (χ2v) is 8.22. The van der Waals surface area contributed by atoms with Gasteiger partial charge in [-0.2, -0.15) is 0 Å². The Bertz CT molecular complexity index is 820. The molecule has 1 saturated heterocycles. The second-order valence-electron chi connectivity index (χ2n) is 6.47. The number of sulfonamides is 1. The van der Waals surface area contributed by atoms with Gasteiger partial charge in [-0.05, 0) is 31.6 Å². The molecule has 142 valence electrons. The molecular formula is C18H25N3O4S. The minimum Gasteiger partial charge on any atom is -0.335 e. The average Bonchev–Trinajstić information content (AvgIpc) is 2.60. The summed E-state index contributed by atoms with van der Waals surface area (Å²) in [5.74, 6) is -0.386. The molecule has 1 aromatic rings. The highest BCUT2D eigenvalue weighted by Crippen LogP contribution is 2.24. The monoisotopic (exact) mass is 379 g/mol. The molecule has 1 atom stereocenters. The van der Waals surface area contributed by atoms with E-state index < -0.39 is 10.0 Å². The molecule has 2 rings (SSSR count). The number of hydrogen-bond acceptors (Lipinski definition) is 4. The smallest absolute Gasteiger partial charge is 0.256 e. The van der Waals surface area contributed by atoms with Crippen molar-refractivity contribution < 1.29 is 18.0 Å². The van der Waals surface area contributed by atoms with Crippen molar-refractivity contribution in [3.63, 3.8) is 0 Å². The Morgan fingerprint density at radius 3 is 2.62 bits per heavy atom. The van der Waals surface area contributed by atoms with Crippen molar-refractivity contribution in [2.45, 2.75) is 26.3 Å². The van der Waals surface area contributed by atoms with Crippen LogP contribution >= 0.6 is 0 Å². The van der Waals surface area contributed by atoms with Crippen LogP contribution in [0, 0.1) is 6.92 Å². The van der Waals surface area contributed by atoms with Gasteiger partial charge < -0.3 is 9.80 Å². The van der Waals surface area contributed by atoms with Crippen LogP contribution in [0.4, 0.5) is 5.69 Å². The molecule has 1 N–H and O–H groups in total. The summed E-state index contributed by atoms with van der Waals surface area (Å²) in [4.78, 5) is 28.4. The lowest BCUT2D eigenvalue weighted by Crippen LogP contribution is -2.56. The van der Waals surface area contributed by atoms with Gasteiger partial charge in [-0.3, -0.25) is 14.3 Å². The van der Waals surface area contributed by atoms with E-state index in [-0.39, 0.29) is 23.5 Å². The molecule has 0 aliphatic carbocycles. The van der Waals surface area contributed by atoms with Crippen LogP contribution < -0.4 is 4.72 Å². The van der Waals surface area contributed by atoms with E-state index in [1.54, 1.807) is 28.0 Å². The minimum atomic E-state index is -3.50. The largest absolute Gasteiger partial charge is 0.335 e. The maximum absolute atomic E-state index is 13.1. The van der Waals surface area contributed by atoms with Crippen molar-refractivity contribution in [2.75, 3.05) is 30.6 Å². The molecule has 8 heteroatoms. The maximum Gasteiger partial charge on any atom is 0.256 e. The summed E-state index contributed by atoms with van der Waals surface area (Å²) in [7, 11) is -3.50. The van der Waals surface area contributed by atoms with Crippen molar-refractivity contribution in [3.05, 3.63) is 42.0 Å². The van der Waals surface area contributed by atoms with E-state index in [4.69, 9.17) is 0 Å². The zero-order valence-electron chi connectivity index (χ0n) is 15.4. The zero-order valence-corrected chi connectivity index (χ0v) is 16.2. The summed E-state index contributed by atoms with van der Waals surface area (Å²) in [6.45, 7) is 8.56. The van der Waals surface area contributed by atoms with Gasteiger partial charge in [-0.15, -0.1) is 0 Å². The van der Waals surface area contributed by atoms with Crippen LogP contribution in [0.1, 0.15) is 29.3 Å². The summed E-state index contributed by atoms with van der Waals surface area (Å²) in [6.07, 6.45) is 3.02. The summed E-state index contributed by atoms with van der Waals surface area (Å²) >= 11 is 0. The highest BCUT2D eigenvalue weighted by Gasteiger charge is 2.32. The number of rotatable bonds is 5. The first-order chi connectivity index (χ1) is 12.2. The van der Waals surface area contributed by atoms with E-state index in [9.17, 15) is 18.0 Å². The topological polar surface area (TPSA) is 86.8 Å². The van der Waals surface area contributed by atoms with Gasteiger partial charge in [-0.25, -0.2) is 8.42 Å². The Hall–Kier alpha value is -2.35. The Morgan fingerprint density at radius 1 is 1.35 bits per heavy atom. The second kappa shape index (κ2) is 7.90. The summed E-state index contributed by atoms with van der Waals surface area (Å²) < 4.78 is 25.7. The lowest BCUT2D eigenvalue weighted by molar-refractivity contribution is -0.128. The fraction of sp³-hybridized carbons (Fsp3) is 0.444. The van der Waals surface area contributed by atoms with Crippen LogP contribution in [0.5, 0.6) is 0 Å². The van der Waals surface area contributed by atoms with E-state index in [2.05, 4.69) is 11.3 Å². The van der Waals surface area contributed by atoms with E-state index in [1.165, 1.54) is 6.08 Å². The quantitative estimate of drug-likeness (QED) is 0.788. The van der Waals surface area contributed by atoms with E-state index >= 15 is 0 Å². The molecule has 0 saturated carbocycles. The number of benzene rings is 1. The third-order valence-electron chi connectivity index (χ3n) is 4.40. The number of aryl methyl sites for hydroxylation is 1. The lowest BCUT2D eigenvalue weighted by Gasteiger charge is -2.41. The first kappa shape index (κ1) is 20.0. The number of piperazine rings is 1. The zero-order chi connectivity index (χ0) is 19.5. The number of carbonyl (C=O) groups is 2. The third-order valence-corrected chi connectivity index (χ3v) is 4.99.